The highest BCUT2D eigenvalue weighted by atomic mass is 79.9. The molecule has 0 bridgehead atoms. The molecule has 0 aliphatic heterocycles. The normalized spacial score (nSPS) is 10.8. The van der Waals surface area contributed by atoms with Crippen LogP contribution in [-0.2, 0) is 19.4 Å². The number of pyridine rings is 1. The fourth-order valence-corrected chi connectivity index (χ4v) is 2.78. The van der Waals surface area contributed by atoms with Gasteiger partial charge < -0.3 is 5.73 Å². The number of nitrogens with zero attached hydrogens (tertiary/aromatic N) is 3. The summed E-state index contributed by atoms with van der Waals surface area (Å²) in [6.45, 7) is 4.76. The number of rotatable bonds is 5. The summed E-state index contributed by atoms with van der Waals surface area (Å²) < 4.78 is 2.75. The SMILES string of the molecule is CCc1nn(CC)c(CC(=O)c2ncccc2N)c1Br. The van der Waals surface area contributed by atoms with Gasteiger partial charge in [0.2, 0.25) is 0 Å². The van der Waals surface area contributed by atoms with Crippen LogP contribution in [-0.4, -0.2) is 20.5 Å². The molecule has 0 radical (unpaired) electrons. The molecule has 6 heteroatoms. The van der Waals surface area contributed by atoms with Gasteiger partial charge in [-0.25, -0.2) is 0 Å². The molecule has 0 unspecified atom stereocenters. The standard InChI is InChI=1S/C14H17BrN4O/c1-3-10-13(15)11(19(4-2)18-10)8-12(20)14-9(16)6-5-7-17-14/h5-7H,3-4,8,16H2,1-2H3. The van der Waals surface area contributed by atoms with E-state index in [0.717, 1.165) is 28.8 Å². The van der Waals surface area contributed by atoms with Crippen molar-refractivity contribution in [3.63, 3.8) is 0 Å². The second-order valence-electron chi connectivity index (χ2n) is 4.42. The molecule has 2 aromatic rings. The number of nitrogens with two attached hydrogens (primary N) is 1. The zero-order chi connectivity index (χ0) is 14.7. The molecule has 0 aliphatic carbocycles. The van der Waals surface area contributed by atoms with E-state index in [-0.39, 0.29) is 12.2 Å². The Morgan fingerprint density at radius 1 is 1.45 bits per heavy atom. The van der Waals surface area contributed by atoms with Crippen molar-refractivity contribution in [3.8, 4) is 0 Å². The first-order chi connectivity index (χ1) is 9.58. The van der Waals surface area contributed by atoms with Crippen LogP contribution in [0.4, 0.5) is 5.69 Å². The van der Waals surface area contributed by atoms with Gasteiger partial charge in [0, 0.05) is 12.7 Å². The van der Waals surface area contributed by atoms with E-state index in [1.165, 1.54) is 0 Å². The molecule has 106 valence electrons. The van der Waals surface area contributed by atoms with Gasteiger partial charge in [0.25, 0.3) is 0 Å². The molecule has 2 heterocycles. The Morgan fingerprint density at radius 3 is 2.80 bits per heavy atom. The van der Waals surface area contributed by atoms with Gasteiger partial charge in [-0.2, -0.15) is 5.10 Å². The molecular formula is C14H17BrN4O. The van der Waals surface area contributed by atoms with Crippen LogP contribution in [0.1, 0.15) is 35.7 Å². The summed E-state index contributed by atoms with van der Waals surface area (Å²) in [6.07, 6.45) is 2.64. The molecule has 0 spiro atoms. The second kappa shape index (κ2) is 6.17. The van der Waals surface area contributed by atoms with E-state index < -0.39 is 0 Å². The molecule has 2 N–H and O–H groups in total. The van der Waals surface area contributed by atoms with Crippen LogP contribution in [0.2, 0.25) is 0 Å². The summed E-state index contributed by atoms with van der Waals surface area (Å²) in [5, 5.41) is 4.48. The minimum atomic E-state index is -0.0962. The number of anilines is 1. The molecular weight excluding hydrogens is 320 g/mol. The third kappa shape index (κ3) is 2.75. The highest BCUT2D eigenvalue weighted by Gasteiger charge is 2.19. The summed E-state index contributed by atoms with van der Waals surface area (Å²) >= 11 is 3.54. The Kier molecular flexibility index (Phi) is 4.54. The van der Waals surface area contributed by atoms with E-state index in [2.05, 4.69) is 26.0 Å². The summed E-state index contributed by atoms with van der Waals surface area (Å²) in [7, 11) is 0. The Hall–Kier alpha value is -1.69. The fourth-order valence-electron chi connectivity index (χ4n) is 2.07. The number of aryl methyl sites for hydroxylation is 2. The van der Waals surface area contributed by atoms with Crippen molar-refractivity contribution in [2.24, 2.45) is 0 Å². The van der Waals surface area contributed by atoms with Gasteiger partial charge in [0.1, 0.15) is 5.69 Å². The lowest BCUT2D eigenvalue weighted by molar-refractivity contribution is 0.0986. The first-order valence-electron chi connectivity index (χ1n) is 6.56. The van der Waals surface area contributed by atoms with E-state index in [1.54, 1.807) is 18.3 Å². The molecule has 2 aromatic heterocycles. The summed E-state index contributed by atoms with van der Waals surface area (Å²) in [5.41, 5.74) is 8.36. The van der Waals surface area contributed by atoms with E-state index in [4.69, 9.17) is 5.73 Å². The van der Waals surface area contributed by atoms with Crippen LogP contribution in [0.5, 0.6) is 0 Å². The minimum Gasteiger partial charge on any atom is -0.397 e. The van der Waals surface area contributed by atoms with Gasteiger partial charge in [-0.3, -0.25) is 14.5 Å². The quantitative estimate of drug-likeness (QED) is 0.851. The number of nitrogen functional groups attached to an aromatic ring is 1. The Balaban J connectivity index is 2.33. The van der Waals surface area contributed by atoms with Crippen molar-refractivity contribution >= 4 is 27.4 Å². The van der Waals surface area contributed by atoms with Gasteiger partial charge in [0.15, 0.2) is 5.78 Å². The Labute approximate surface area is 126 Å². The number of carbonyl (C=O) groups is 1. The Bertz CT molecular complexity index is 636. The molecule has 5 nitrogen and oxygen atoms in total. The molecule has 0 saturated heterocycles. The lowest BCUT2D eigenvalue weighted by atomic mass is 10.1. The predicted octanol–water partition coefficient (Wildman–Crippen LogP) is 2.63. The van der Waals surface area contributed by atoms with Crippen LogP contribution in [0.25, 0.3) is 0 Å². The van der Waals surface area contributed by atoms with Gasteiger partial charge in [-0.1, -0.05) is 6.92 Å². The maximum absolute atomic E-state index is 12.3. The fraction of sp³-hybridized carbons (Fsp3) is 0.357. The molecule has 2 rings (SSSR count). The minimum absolute atomic E-state index is 0.0962. The largest absolute Gasteiger partial charge is 0.397 e. The van der Waals surface area contributed by atoms with E-state index in [1.807, 2.05) is 18.5 Å². The third-order valence-electron chi connectivity index (χ3n) is 3.13. The average molecular weight is 337 g/mol. The van der Waals surface area contributed by atoms with Crippen LogP contribution < -0.4 is 5.73 Å². The zero-order valence-corrected chi connectivity index (χ0v) is 13.1. The lowest BCUT2D eigenvalue weighted by Gasteiger charge is -2.06. The maximum atomic E-state index is 12.3. The van der Waals surface area contributed by atoms with Crippen molar-refractivity contribution in [2.45, 2.75) is 33.2 Å². The number of hydrogen-bond donors (Lipinski definition) is 1. The molecule has 0 aliphatic rings. The Morgan fingerprint density at radius 2 is 2.20 bits per heavy atom. The zero-order valence-electron chi connectivity index (χ0n) is 11.6. The second-order valence-corrected chi connectivity index (χ2v) is 5.21. The smallest absolute Gasteiger partial charge is 0.189 e. The molecule has 0 atom stereocenters. The third-order valence-corrected chi connectivity index (χ3v) is 4.04. The van der Waals surface area contributed by atoms with Crippen LogP contribution >= 0.6 is 15.9 Å². The number of halogens is 1. The van der Waals surface area contributed by atoms with Crippen LogP contribution in [0, 0.1) is 0 Å². The lowest BCUT2D eigenvalue weighted by Crippen LogP contribution is -2.13. The number of aromatic nitrogens is 3. The van der Waals surface area contributed by atoms with Gasteiger partial charge in [-0.15, -0.1) is 0 Å². The molecule has 20 heavy (non-hydrogen) atoms. The van der Waals surface area contributed by atoms with Crippen molar-refractivity contribution in [1.29, 1.82) is 0 Å². The van der Waals surface area contributed by atoms with Gasteiger partial charge in [-0.05, 0) is 41.4 Å². The first kappa shape index (κ1) is 14.7. The molecule has 0 saturated carbocycles. The maximum Gasteiger partial charge on any atom is 0.189 e. The summed E-state index contributed by atoms with van der Waals surface area (Å²) in [4.78, 5) is 16.4. The predicted molar refractivity (Wildman–Crippen MR) is 81.7 cm³/mol. The monoisotopic (exact) mass is 336 g/mol. The van der Waals surface area contributed by atoms with Crippen molar-refractivity contribution in [1.82, 2.24) is 14.8 Å². The summed E-state index contributed by atoms with van der Waals surface area (Å²) in [5.74, 6) is -0.0962. The molecule has 0 amide bonds. The van der Waals surface area contributed by atoms with Crippen LogP contribution in [0.15, 0.2) is 22.8 Å². The van der Waals surface area contributed by atoms with Crippen molar-refractivity contribution < 1.29 is 4.79 Å². The highest BCUT2D eigenvalue weighted by Crippen LogP contribution is 2.24. The van der Waals surface area contributed by atoms with E-state index in [0.29, 0.717) is 11.4 Å². The molecule has 0 aromatic carbocycles. The topological polar surface area (TPSA) is 73.8 Å². The number of Topliss-reactive ketones (excluding diaryl/α,β-unsaturated/α-hetero) is 1. The number of hydrogen-bond acceptors (Lipinski definition) is 4. The van der Waals surface area contributed by atoms with Gasteiger partial charge >= 0.3 is 0 Å². The first-order valence-corrected chi connectivity index (χ1v) is 7.35. The van der Waals surface area contributed by atoms with Crippen molar-refractivity contribution in [3.05, 3.63) is 39.9 Å². The molecule has 0 fully saturated rings. The van der Waals surface area contributed by atoms with Gasteiger partial charge in [0.05, 0.1) is 28.0 Å². The number of ketones is 1. The van der Waals surface area contributed by atoms with E-state index >= 15 is 0 Å². The average Bonchev–Trinajstić information content (AvgIpc) is 2.75. The highest BCUT2D eigenvalue weighted by molar-refractivity contribution is 9.10. The van der Waals surface area contributed by atoms with Crippen LogP contribution in [0.3, 0.4) is 0 Å². The van der Waals surface area contributed by atoms with E-state index in [9.17, 15) is 4.79 Å². The number of carbonyl (C=O) groups excluding carboxylic acids is 1. The van der Waals surface area contributed by atoms with Crippen molar-refractivity contribution in [2.75, 3.05) is 5.73 Å². The summed E-state index contributed by atoms with van der Waals surface area (Å²) in [6, 6.07) is 3.40.